The summed E-state index contributed by atoms with van der Waals surface area (Å²) < 4.78 is 46.7. The molecule has 0 atom stereocenters. The molecule has 8 heteroatoms. The van der Waals surface area contributed by atoms with Gasteiger partial charge in [0.15, 0.2) is 0 Å². The highest BCUT2D eigenvalue weighted by atomic mass is 32.2. The van der Waals surface area contributed by atoms with Gasteiger partial charge >= 0.3 is 0 Å². The van der Waals surface area contributed by atoms with Crippen LogP contribution in [0.2, 0.25) is 0 Å². The van der Waals surface area contributed by atoms with Gasteiger partial charge in [-0.15, -0.1) is 11.3 Å². The van der Waals surface area contributed by atoms with E-state index in [-0.39, 0.29) is 15.3 Å². The lowest BCUT2D eigenvalue weighted by Crippen LogP contribution is -2.30. The number of thiophene rings is 1. The fourth-order valence-electron chi connectivity index (χ4n) is 2.54. The summed E-state index contributed by atoms with van der Waals surface area (Å²) in [5, 5.41) is 1.53. The van der Waals surface area contributed by atoms with Crippen LogP contribution in [-0.2, 0) is 10.0 Å². The molecule has 5 nitrogen and oxygen atoms in total. The van der Waals surface area contributed by atoms with E-state index in [4.69, 9.17) is 4.74 Å². The lowest BCUT2D eigenvalue weighted by atomic mass is 10.1. The normalized spacial score (nSPS) is 11.9. The fraction of sp³-hybridized carbons (Fsp3) is 0.0952. The number of rotatable bonds is 6. The van der Waals surface area contributed by atoms with Gasteiger partial charge in [0.25, 0.3) is 15.9 Å². The molecule has 1 heterocycles. The molecule has 29 heavy (non-hydrogen) atoms. The van der Waals surface area contributed by atoms with E-state index in [0.29, 0.717) is 11.3 Å². The third kappa shape index (κ3) is 4.90. The van der Waals surface area contributed by atoms with Crippen molar-refractivity contribution in [1.29, 1.82) is 0 Å². The molecule has 0 aliphatic carbocycles. The summed E-state index contributed by atoms with van der Waals surface area (Å²) in [5.74, 6) is -0.886. The number of amides is 1. The number of carbonyl (C=O) groups excluding carboxylic acids is 1. The summed E-state index contributed by atoms with van der Waals surface area (Å²) in [6.45, 7) is 1.82. The van der Waals surface area contributed by atoms with Crippen molar-refractivity contribution in [3.8, 4) is 5.75 Å². The molecule has 0 spiro atoms. The van der Waals surface area contributed by atoms with Crippen molar-refractivity contribution in [3.63, 3.8) is 0 Å². The second-order valence-corrected chi connectivity index (χ2v) is 8.78. The van der Waals surface area contributed by atoms with E-state index in [2.05, 4.69) is 0 Å². The van der Waals surface area contributed by atoms with E-state index >= 15 is 0 Å². The average Bonchev–Trinajstić information content (AvgIpc) is 3.19. The van der Waals surface area contributed by atoms with Crippen molar-refractivity contribution in [1.82, 2.24) is 4.72 Å². The van der Waals surface area contributed by atoms with Gasteiger partial charge < -0.3 is 4.74 Å². The molecule has 1 N–H and O–H groups in total. The Balaban J connectivity index is 1.83. The molecule has 0 unspecified atom stereocenters. The zero-order valence-corrected chi connectivity index (χ0v) is 17.3. The van der Waals surface area contributed by atoms with E-state index in [0.717, 1.165) is 16.9 Å². The molecule has 3 aromatic rings. The van der Waals surface area contributed by atoms with Crippen LogP contribution in [0.25, 0.3) is 11.9 Å². The maximum absolute atomic E-state index is 14.8. The van der Waals surface area contributed by atoms with Crippen LogP contribution in [0.5, 0.6) is 5.75 Å². The van der Waals surface area contributed by atoms with Gasteiger partial charge in [-0.05, 0) is 54.3 Å². The van der Waals surface area contributed by atoms with Crippen molar-refractivity contribution in [2.45, 2.75) is 11.8 Å². The Bertz CT molecular complexity index is 1150. The van der Waals surface area contributed by atoms with Crippen LogP contribution < -0.4 is 9.46 Å². The molecule has 150 valence electrons. The Morgan fingerprint density at radius 3 is 2.34 bits per heavy atom. The first-order chi connectivity index (χ1) is 13.8. The number of nitrogens with one attached hydrogen (secondary N) is 1. The fourth-order valence-corrected chi connectivity index (χ4v) is 4.36. The molecule has 1 aromatic heterocycles. The quantitative estimate of drug-likeness (QED) is 0.617. The van der Waals surface area contributed by atoms with Gasteiger partial charge in [-0.25, -0.2) is 17.5 Å². The van der Waals surface area contributed by atoms with Crippen LogP contribution in [0.4, 0.5) is 4.39 Å². The molecular weight excluding hydrogens is 413 g/mol. The highest BCUT2D eigenvalue weighted by molar-refractivity contribution is 7.90. The van der Waals surface area contributed by atoms with E-state index in [9.17, 15) is 17.6 Å². The van der Waals surface area contributed by atoms with Gasteiger partial charge in [0.1, 0.15) is 16.5 Å². The minimum Gasteiger partial charge on any atom is -0.497 e. The highest BCUT2D eigenvalue weighted by Gasteiger charge is 2.23. The van der Waals surface area contributed by atoms with Crippen LogP contribution in [0, 0.1) is 6.92 Å². The Morgan fingerprint density at radius 1 is 1.07 bits per heavy atom. The highest BCUT2D eigenvalue weighted by Crippen LogP contribution is 2.28. The van der Waals surface area contributed by atoms with Gasteiger partial charge in [-0.2, -0.15) is 0 Å². The first-order valence-corrected chi connectivity index (χ1v) is 10.9. The molecule has 0 radical (unpaired) electrons. The van der Waals surface area contributed by atoms with E-state index in [1.165, 1.54) is 36.8 Å². The second-order valence-electron chi connectivity index (χ2n) is 6.18. The molecular formula is C21H18FNO4S2. The summed E-state index contributed by atoms with van der Waals surface area (Å²) in [6, 6.07) is 14.2. The Kier molecular flexibility index (Phi) is 6.14. The van der Waals surface area contributed by atoms with E-state index in [1.54, 1.807) is 36.4 Å². The topological polar surface area (TPSA) is 72.5 Å². The van der Waals surface area contributed by atoms with E-state index < -0.39 is 21.8 Å². The number of sulfonamides is 1. The summed E-state index contributed by atoms with van der Waals surface area (Å²) in [6.07, 6.45) is 1.27. The molecule has 0 aliphatic heterocycles. The molecule has 0 aliphatic rings. The maximum atomic E-state index is 14.8. The van der Waals surface area contributed by atoms with Crippen molar-refractivity contribution < 1.29 is 22.3 Å². The van der Waals surface area contributed by atoms with Gasteiger partial charge in [0.05, 0.1) is 12.0 Å². The SMILES string of the molecule is COc1ccc(/C=C(\F)c2ccsc2C(=O)NS(=O)(=O)c2ccc(C)cc2)cc1. The van der Waals surface area contributed by atoms with Gasteiger partial charge in [-0.1, -0.05) is 29.8 Å². The minimum absolute atomic E-state index is 0.0250. The third-order valence-electron chi connectivity index (χ3n) is 4.10. The minimum atomic E-state index is -4.06. The van der Waals surface area contributed by atoms with Crippen LogP contribution in [0.3, 0.4) is 0 Å². The Labute approximate surface area is 172 Å². The maximum Gasteiger partial charge on any atom is 0.275 e. The number of methoxy groups -OCH3 is 1. The van der Waals surface area contributed by atoms with E-state index in [1.807, 2.05) is 11.6 Å². The van der Waals surface area contributed by atoms with Gasteiger partial charge in [0, 0.05) is 5.56 Å². The smallest absolute Gasteiger partial charge is 0.275 e. The predicted octanol–water partition coefficient (Wildman–Crippen LogP) is 4.65. The van der Waals surface area contributed by atoms with Crippen LogP contribution in [0.15, 0.2) is 64.9 Å². The number of hydrogen-bond donors (Lipinski definition) is 1. The standard InChI is InChI=1S/C21H18FNO4S2/c1-14-3-9-17(10-4-14)29(25,26)23-21(24)20-18(11-12-28-20)19(22)13-15-5-7-16(27-2)8-6-15/h3-13H,1-2H3,(H,23,24)/b19-13-. The average molecular weight is 432 g/mol. The van der Waals surface area contributed by atoms with Gasteiger partial charge in [-0.3, -0.25) is 4.79 Å². The molecule has 0 saturated carbocycles. The first-order valence-electron chi connectivity index (χ1n) is 8.53. The summed E-state index contributed by atoms with van der Waals surface area (Å²) in [5.41, 5.74) is 1.50. The molecule has 0 fully saturated rings. The molecule has 0 bridgehead atoms. The van der Waals surface area contributed by atoms with Crippen molar-refractivity contribution in [2.24, 2.45) is 0 Å². The number of ether oxygens (including phenoxy) is 1. The number of halogens is 1. The summed E-state index contributed by atoms with van der Waals surface area (Å²) in [7, 11) is -2.53. The van der Waals surface area contributed by atoms with Crippen LogP contribution in [0.1, 0.15) is 26.4 Å². The van der Waals surface area contributed by atoms with Gasteiger partial charge in [0.2, 0.25) is 0 Å². The predicted molar refractivity (Wildman–Crippen MR) is 112 cm³/mol. The largest absolute Gasteiger partial charge is 0.497 e. The number of carbonyl (C=O) groups is 1. The lowest BCUT2D eigenvalue weighted by Gasteiger charge is -2.07. The third-order valence-corrected chi connectivity index (χ3v) is 6.36. The monoisotopic (exact) mass is 431 g/mol. The van der Waals surface area contributed by atoms with Crippen LogP contribution in [-0.4, -0.2) is 21.4 Å². The Morgan fingerprint density at radius 2 is 1.72 bits per heavy atom. The molecule has 2 aromatic carbocycles. The molecule has 3 rings (SSSR count). The number of hydrogen-bond acceptors (Lipinski definition) is 5. The zero-order chi connectivity index (χ0) is 21.0. The molecule has 1 amide bonds. The van der Waals surface area contributed by atoms with Crippen molar-refractivity contribution >= 4 is 39.2 Å². The first kappa shape index (κ1) is 20.8. The number of aryl methyl sites for hydroxylation is 1. The van der Waals surface area contributed by atoms with Crippen LogP contribution >= 0.6 is 11.3 Å². The van der Waals surface area contributed by atoms with Crippen molar-refractivity contribution in [2.75, 3.05) is 7.11 Å². The molecule has 0 saturated heterocycles. The lowest BCUT2D eigenvalue weighted by molar-refractivity contribution is 0.0985. The second kappa shape index (κ2) is 8.59. The summed E-state index contributed by atoms with van der Waals surface area (Å²) in [4.78, 5) is 12.5. The number of benzene rings is 2. The zero-order valence-electron chi connectivity index (χ0n) is 15.7. The van der Waals surface area contributed by atoms with Crippen molar-refractivity contribution in [3.05, 3.63) is 81.5 Å². The summed E-state index contributed by atoms with van der Waals surface area (Å²) >= 11 is 0.964. The Hall–Kier alpha value is -2.97.